The molecule has 1 saturated heterocycles. The molecule has 3 aromatic rings. The summed E-state index contributed by atoms with van der Waals surface area (Å²) in [6.07, 6.45) is -1.17. The molecule has 10 heteroatoms. The summed E-state index contributed by atoms with van der Waals surface area (Å²) in [5.74, 6) is 0.551. The molecule has 0 aromatic carbocycles. The van der Waals surface area contributed by atoms with Crippen molar-refractivity contribution in [1.82, 2.24) is 24.5 Å². The van der Waals surface area contributed by atoms with Crippen LogP contribution in [0.3, 0.4) is 0 Å². The Kier molecular flexibility index (Phi) is 4.72. The molecule has 1 aliphatic heterocycles. The van der Waals surface area contributed by atoms with Crippen LogP contribution in [0.2, 0.25) is 0 Å². The third-order valence-electron chi connectivity index (χ3n) is 8.22. The number of alkyl halides is 3. The number of nitrogens with zero attached hydrogens (tertiary/aromatic N) is 5. The maximum Gasteiger partial charge on any atom is 0.394 e. The van der Waals surface area contributed by atoms with Gasteiger partial charge in [-0.2, -0.15) is 13.2 Å². The average molecular weight is 486 g/mol. The molecule has 35 heavy (non-hydrogen) atoms. The topological polar surface area (TPSA) is 82.8 Å². The Labute approximate surface area is 199 Å². The summed E-state index contributed by atoms with van der Waals surface area (Å²) in [6.45, 7) is 4.19. The predicted molar refractivity (Wildman–Crippen MR) is 121 cm³/mol. The van der Waals surface area contributed by atoms with E-state index in [0.717, 1.165) is 17.0 Å². The maximum absolute atomic E-state index is 13.6. The summed E-state index contributed by atoms with van der Waals surface area (Å²) in [6, 6.07) is 3.30. The van der Waals surface area contributed by atoms with Gasteiger partial charge in [0.1, 0.15) is 11.3 Å². The van der Waals surface area contributed by atoms with Crippen LogP contribution in [-0.4, -0.2) is 37.3 Å². The second-order valence-corrected chi connectivity index (χ2v) is 10.6. The SMILES string of the molecule is Cc1nc2nc([C@H]3CCO[C@@H](c4ccc(=O)n(C)c4)C3)nc(C34CC(C(F)(F)F)(C3)C4)c2nc1C. The molecular weight excluding hydrogens is 459 g/mol. The lowest BCUT2D eigenvalue weighted by molar-refractivity contribution is -0.337. The number of fused-ring (bicyclic) bond motifs is 1. The van der Waals surface area contributed by atoms with E-state index >= 15 is 0 Å². The summed E-state index contributed by atoms with van der Waals surface area (Å²) >= 11 is 0. The number of ether oxygens (including phenoxy) is 1. The fraction of sp³-hybridized carbons (Fsp3) is 0.560. The van der Waals surface area contributed by atoms with E-state index in [0.29, 0.717) is 42.1 Å². The first-order valence-corrected chi connectivity index (χ1v) is 11.9. The number of aryl methyl sites for hydroxylation is 3. The lowest BCUT2D eigenvalue weighted by atomic mass is 9.34. The molecule has 0 spiro atoms. The molecule has 184 valence electrons. The highest BCUT2D eigenvalue weighted by Crippen LogP contribution is 2.78. The van der Waals surface area contributed by atoms with Gasteiger partial charge in [0.2, 0.25) is 5.56 Å². The fourth-order valence-corrected chi connectivity index (χ4v) is 6.09. The van der Waals surface area contributed by atoms with Crippen LogP contribution in [0.4, 0.5) is 13.2 Å². The van der Waals surface area contributed by atoms with E-state index in [4.69, 9.17) is 14.7 Å². The molecule has 0 N–H and O–H groups in total. The molecule has 7 nitrogen and oxygen atoms in total. The molecule has 4 fully saturated rings. The van der Waals surface area contributed by atoms with Crippen molar-refractivity contribution in [2.45, 2.75) is 69.6 Å². The van der Waals surface area contributed by atoms with Gasteiger partial charge in [-0.3, -0.25) is 4.79 Å². The van der Waals surface area contributed by atoms with Crippen molar-refractivity contribution < 1.29 is 17.9 Å². The Hall–Kier alpha value is -2.88. The van der Waals surface area contributed by atoms with Crippen LogP contribution in [-0.2, 0) is 17.2 Å². The van der Waals surface area contributed by atoms with Gasteiger partial charge in [-0.1, -0.05) is 0 Å². The van der Waals surface area contributed by atoms with Gasteiger partial charge in [0.15, 0.2) is 5.65 Å². The highest BCUT2D eigenvalue weighted by molar-refractivity contribution is 5.75. The van der Waals surface area contributed by atoms with Crippen molar-refractivity contribution in [3.8, 4) is 0 Å². The number of hydrogen-bond acceptors (Lipinski definition) is 6. The summed E-state index contributed by atoms with van der Waals surface area (Å²) < 4.78 is 48.2. The van der Waals surface area contributed by atoms with Gasteiger partial charge in [-0.15, -0.1) is 0 Å². The molecule has 2 bridgehead atoms. The van der Waals surface area contributed by atoms with Gasteiger partial charge in [-0.25, -0.2) is 19.9 Å². The van der Waals surface area contributed by atoms with Gasteiger partial charge < -0.3 is 9.30 Å². The Morgan fingerprint density at radius 2 is 1.77 bits per heavy atom. The van der Waals surface area contributed by atoms with Crippen LogP contribution < -0.4 is 5.56 Å². The van der Waals surface area contributed by atoms with E-state index in [1.807, 2.05) is 13.8 Å². The lowest BCUT2D eigenvalue weighted by Crippen LogP contribution is -2.70. The van der Waals surface area contributed by atoms with Crippen LogP contribution in [0.15, 0.2) is 23.1 Å². The molecule has 4 aliphatic rings. The summed E-state index contributed by atoms with van der Waals surface area (Å²) in [5, 5.41) is 0. The fourth-order valence-electron chi connectivity index (χ4n) is 6.09. The van der Waals surface area contributed by atoms with Crippen molar-refractivity contribution in [3.05, 3.63) is 57.2 Å². The minimum atomic E-state index is -4.19. The quantitative estimate of drug-likeness (QED) is 0.549. The molecule has 4 heterocycles. The molecule has 0 amide bonds. The Morgan fingerprint density at radius 3 is 2.46 bits per heavy atom. The van der Waals surface area contributed by atoms with E-state index in [9.17, 15) is 18.0 Å². The van der Waals surface area contributed by atoms with Crippen LogP contribution in [0.25, 0.3) is 11.2 Å². The first-order valence-electron chi connectivity index (χ1n) is 11.9. The zero-order valence-corrected chi connectivity index (χ0v) is 19.8. The molecule has 0 unspecified atom stereocenters. The van der Waals surface area contributed by atoms with Crippen LogP contribution in [0.5, 0.6) is 0 Å². The molecule has 3 aromatic heterocycles. The minimum Gasteiger partial charge on any atom is -0.373 e. The summed E-state index contributed by atoms with van der Waals surface area (Å²) in [7, 11) is 1.70. The van der Waals surface area contributed by atoms with Crippen molar-refractivity contribution >= 4 is 11.2 Å². The third-order valence-corrected chi connectivity index (χ3v) is 8.22. The van der Waals surface area contributed by atoms with Gasteiger partial charge >= 0.3 is 6.18 Å². The normalized spacial score (nSPS) is 30.1. The number of rotatable bonds is 3. The highest BCUT2D eigenvalue weighted by Gasteiger charge is 2.79. The molecule has 3 aliphatic carbocycles. The highest BCUT2D eigenvalue weighted by atomic mass is 19.4. The largest absolute Gasteiger partial charge is 0.394 e. The predicted octanol–water partition coefficient (Wildman–Crippen LogP) is 4.35. The standard InChI is InChI=1S/C25H26F3N5O2/c1-13-14(2)30-22-19(29-13)20(23-10-24(11-23,12-23)25(26,27)28)31-21(32-22)15-6-7-35-17(8-15)16-4-5-18(34)33(3)9-16/h4-5,9,15,17H,6-8,10-12H2,1-3H3/t15-,17+,23?,24?/m0/s1. The lowest BCUT2D eigenvalue weighted by Gasteiger charge is -2.70. The average Bonchev–Trinajstić information content (AvgIpc) is 2.74. The van der Waals surface area contributed by atoms with E-state index in [-0.39, 0.29) is 36.8 Å². The smallest absolute Gasteiger partial charge is 0.373 e. The second kappa shape index (κ2) is 7.32. The second-order valence-electron chi connectivity index (χ2n) is 10.6. The molecule has 2 atom stereocenters. The van der Waals surface area contributed by atoms with Gasteiger partial charge in [0, 0.05) is 37.3 Å². The molecular formula is C25H26F3N5O2. The van der Waals surface area contributed by atoms with Crippen molar-refractivity contribution in [3.63, 3.8) is 0 Å². The number of aromatic nitrogens is 5. The third kappa shape index (κ3) is 3.32. The number of hydrogen-bond donors (Lipinski definition) is 0. The van der Waals surface area contributed by atoms with E-state index in [1.165, 1.54) is 10.6 Å². The van der Waals surface area contributed by atoms with Crippen LogP contribution >= 0.6 is 0 Å². The monoisotopic (exact) mass is 485 g/mol. The van der Waals surface area contributed by atoms with Crippen LogP contribution in [0.1, 0.15) is 72.6 Å². The number of pyridine rings is 1. The van der Waals surface area contributed by atoms with E-state index < -0.39 is 17.0 Å². The maximum atomic E-state index is 13.6. The van der Waals surface area contributed by atoms with Gasteiger partial charge in [0.25, 0.3) is 0 Å². The van der Waals surface area contributed by atoms with Crippen molar-refractivity contribution in [2.75, 3.05) is 6.61 Å². The Bertz CT molecular complexity index is 1400. The molecule has 7 rings (SSSR count). The first kappa shape index (κ1) is 22.6. The Morgan fingerprint density at radius 1 is 1.06 bits per heavy atom. The van der Waals surface area contributed by atoms with Crippen LogP contribution in [0, 0.1) is 19.3 Å². The minimum absolute atomic E-state index is 0.0403. The first-order chi connectivity index (χ1) is 16.5. The summed E-state index contributed by atoms with van der Waals surface area (Å²) in [4.78, 5) is 30.8. The van der Waals surface area contributed by atoms with Crippen molar-refractivity contribution in [2.24, 2.45) is 12.5 Å². The van der Waals surface area contributed by atoms with E-state index in [2.05, 4.69) is 9.97 Å². The zero-order valence-electron chi connectivity index (χ0n) is 19.8. The Balaban J connectivity index is 1.38. The number of halogens is 3. The molecule has 0 radical (unpaired) electrons. The van der Waals surface area contributed by atoms with Crippen molar-refractivity contribution in [1.29, 1.82) is 0 Å². The van der Waals surface area contributed by atoms with Gasteiger partial charge in [-0.05, 0) is 57.6 Å². The van der Waals surface area contributed by atoms with E-state index in [1.54, 1.807) is 19.3 Å². The zero-order chi connectivity index (χ0) is 24.8. The van der Waals surface area contributed by atoms with Gasteiger partial charge in [0.05, 0.1) is 28.6 Å². The summed E-state index contributed by atoms with van der Waals surface area (Å²) in [5.41, 5.74) is 1.68. The molecule has 3 saturated carbocycles.